The van der Waals surface area contributed by atoms with Crippen molar-refractivity contribution in [2.75, 3.05) is 0 Å². The molecule has 0 fully saturated rings. The molecule has 0 N–H and O–H groups in total. The number of hydrogen-bond donors (Lipinski definition) is 0. The lowest BCUT2D eigenvalue weighted by atomic mass is 9.88. The van der Waals surface area contributed by atoms with E-state index in [4.69, 9.17) is 0 Å². The van der Waals surface area contributed by atoms with Gasteiger partial charge in [0, 0.05) is 30.1 Å². The van der Waals surface area contributed by atoms with Crippen LogP contribution in [-0.2, 0) is 23.7 Å². The number of aromatic nitrogens is 2. The van der Waals surface area contributed by atoms with E-state index >= 15 is 0 Å². The first kappa shape index (κ1) is 9.96. The number of hydrogen-bond acceptors (Lipinski definition) is 2. The Balaban J connectivity index is 3.16. The van der Waals surface area contributed by atoms with Crippen LogP contribution in [0.2, 0.25) is 0 Å². The van der Waals surface area contributed by atoms with Crippen LogP contribution in [0.3, 0.4) is 0 Å². The highest BCUT2D eigenvalue weighted by Crippen LogP contribution is 2.24. The Morgan fingerprint density at radius 3 is 2.62 bits per heavy atom. The van der Waals surface area contributed by atoms with Crippen molar-refractivity contribution in [3.63, 3.8) is 0 Å². The van der Waals surface area contributed by atoms with E-state index < -0.39 is 0 Å². The van der Waals surface area contributed by atoms with Gasteiger partial charge in [-0.05, 0) is 0 Å². The van der Waals surface area contributed by atoms with E-state index in [0.717, 1.165) is 17.5 Å². The number of carbonyl (C=O) groups is 1. The highest BCUT2D eigenvalue weighted by Gasteiger charge is 2.21. The smallest absolute Gasteiger partial charge is 0.124 e. The van der Waals surface area contributed by atoms with Crippen LogP contribution in [-0.4, -0.2) is 16.1 Å². The molecule has 1 aromatic heterocycles. The lowest BCUT2D eigenvalue weighted by Crippen LogP contribution is -2.18. The first-order chi connectivity index (χ1) is 5.96. The first-order valence-electron chi connectivity index (χ1n) is 4.42. The minimum atomic E-state index is 0.0452. The largest absolute Gasteiger partial charge is 0.303 e. The van der Waals surface area contributed by atoms with E-state index in [2.05, 4.69) is 25.9 Å². The average Bonchev–Trinajstić information content (AvgIpc) is 2.31. The zero-order valence-corrected chi connectivity index (χ0v) is 8.66. The van der Waals surface area contributed by atoms with Gasteiger partial charge < -0.3 is 4.79 Å². The molecule has 1 heterocycles. The van der Waals surface area contributed by atoms with Crippen molar-refractivity contribution in [3.8, 4) is 0 Å². The van der Waals surface area contributed by atoms with Crippen LogP contribution >= 0.6 is 0 Å². The van der Waals surface area contributed by atoms with E-state index in [1.807, 2.05) is 11.7 Å². The standard InChI is InChI=1S/C10H16N2O/c1-10(2,3)9-8(5-6-13)7-11-12(9)4/h6-7H,5H2,1-4H3. The normalized spacial score (nSPS) is 11.7. The lowest BCUT2D eigenvalue weighted by molar-refractivity contribution is -0.107. The third-order valence-electron chi connectivity index (χ3n) is 2.03. The molecule has 0 saturated carbocycles. The predicted molar refractivity (Wildman–Crippen MR) is 51.7 cm³/mol. The Labute approximate surface area is 78.8 Å². The summed E-state index contributed by atoms with van der Waals surface area (Å²) in [6.07, 6.45) is 3.15. The number of aldehydes is 1. The molecule has 1 aromatic rings. The predicted octanol–water partition coefficient (Wildman–Crippen LogP) is 1.46. The summed E-state index contributed by atoms with van der Waals surface area (Å²) in [5.41, 5.74) is 2.22. The van der Waals surface area contributed by atoms with Gasteiger partial charge in [-0.3, -0.25) is 4.68 Å². The number of aryl methyl sites for hydroxylation is 1. The van der Waals surface area contributed by atoms with Crippen LogP contribution < -0.4 is 0 Å². The minimum Gasteiger partial charge on any atom is -0.303 e. The zero-order chi connectivity index (χ0) is 10.1. The van der Waals surface area contributed by atoms with Crippen molar-refractivity contribution in [1.29, 1.82) is 0 Å². The van der Waals surface area contributed by atoms with Gasteiger partial charge in [0.05, 0.1) is 6.20 Å². The molecule has 0 aliphatic heterocycles. The van der Waals surface area contributed by atoms with E-state index in [1.165, 1.54) is 0 Å². The summed E-state index contributed by atoms with van der Waals surface area (Å²) in [7, 11) is 1.91. The van der Waals surface area contributed by atoms with Gasteiger partial charge in [0.1, 0.15) is 6.29 Å². The molecule has 1 rings (SSSR count). The maximum atomic E-state index is 10.4. The SMILES string of the molecule is Cn1ncc(CC=O)c1C(C)(C)C. The van der Waals surface area contributed by atoms with Crippen molar-refractivity contribution in [2.45, 2.75) is 32.6 Å². The summed E-state index contributed by atoms with van der Waals surface area (Å²) < 4.78 is 1.85. The summed E-state index contributed by atoms with van der Waals surface area (Å²) >= 11 is 0. The zero-order valence-electron chi connectivity index (χ0n) is 8.66. The molecule has 0 unspecified atom stereocenters. The fourth-order valence-corrected chi connectivity index (χ4v) is 1.69. The maximum Gasteiger partial charge on any atom is 0.124 e. The van der Waals surface area contributed by atoms with E-state index in [1.54, 1.807) is 6.20 Å². The topological polar surface area (TPSA) is 34.9 Å². The van der Waals surface area contributed by atoms with Gasteiger partial charge in [0.25, 0.3) is 0 Å². The summed E-state index contributed by atoms with van der Waals surface area (Å²) in [5, 5.41) is 4.16. The molecule has 0 aromatic carbocycles. The van der Waals surface area contributed by atoms with E-state index in [0.29, 0.717) is 6.42 Å². The summed E-state index contributed by atoms with van der Waals surface area (Å²) in [4.78, 5) is 10.4. The Bertz CT molecular complexity index is 307. The van der Waals surface area contributed by atoms with Crippen LogP contribution in [0.25, 0.3) is 0 Å². The molecule has 0 amide bonds. The number of carbonyl (C=O) groups excluding carboxylic acids is 1. The lowest BCUT2D eigenvalue weighted by Gasteiger charge is -2.20. The molecule has 0 aliphatic rings. The van der Waals surface area contributed by atoms with Crippen LogP contribution in [0.4, 0.5) is 0 Å². The van der Waals surface area contributed by atoms with Crippen molar-refractivity contribution >= 4 is 6.29 Å². The summed E-state index contributed by atoms with van der Waals surface area (Å²) in [5.74, 6) is 0. The second-order valence-electron chi connectivity index (χ2n) is 4.26. The fourth-order valence-electron chi connectivity index (χ4n) is 1.69. The van der Waals surface area contributed by atoms with Crippen molar-refractivity contribution in [3.05, 3.63) is 17.5 Å². The molecule has 0 radical (unpaired) electrons. The molecular weight excluding hydrogens is 164 g/mol. The van der Waals surface area contributed by atoms with Crippen LogP contribution in [0.1, 0.15) is 32.0 Å². The third-order valence-corrected chi connectivity index (χ3v) is 2.03. The molecule has 0 aliphatic carbocycles. The first-order valence-corrected chi connectivity index (χ1v) is 4.42. The van der Waals surface area contributed by atoms with Crippen LogP contribution in [0.15, 0.2) is 6.20 Å². The quantitative estimate of drug-likeness (QED) is 0.646. The highest BCUT2D eigenvalue weighted by atomic mass is 16.1. The van der Waals surface area contributed by atoms with E-state index in [9.17, 15) is 4.79 Å². The van der Waals surface area contributed by atoms with E-state index in [-0.39, 0.29) is 5.41 Å². The molecule has 0 saturated heterocycles. The Morgan fingerprint density at radius 1 is 1.54 bits per heavy atom. The second kappa shape index (κ2) is 3.32. The minimum absolute atomic E-state index is 0.0452. The van der Waals surface area contributed by atoms with Crippen LogP contribution in [0, 0.1) is 0 Å². The molecule has 72 valence electrons. The van der Waals surface area contributed by atoms with Crippen molar-refractivity contribution in [1.82, 2.24) is 9.78 Å². The van der Waals surface area contributed by atoms with Gasteiger partial charge in [-0.1, -0.05) is 20.8 Å². The Morgan fingerprint density at radius 2 is 2.15 bits per heavy atom. The molecule has 3 heteroatoms. The van der Waals surface area contributed by atoms with Crippen molar-refractivity contribution in [2.24, 2.45) is 7.05 Å². The summed E-state index contributed by atoms with van der Waals surface area (Å²) in [6, 6.07) is 0. The fraction of sp³-hybridized carbons (Fsp3) is 0.600. The molecule has 3 nitrogen and oxygen atoms in total. The maximum absolute atomic E-state index is 10.4. The Kier molecular flexibility index (Phi) is 2.55. The average molecular weight is 180 g/mol. The number of rotatable bonds is 2. The van der Waals surface area contributed by atoms with Gasteiger partial charge in [0.2, 0.25) is 0 Å². The van der Waals surface area contributed by atoms with Crippen molar-refractivity contribution < 1.29 is 4.79 Å². The highest BCUT2D eigenvalue weighted by molar-refractivity contribution is 5.55. The van der Waals surface area contributed by atoms with Crippen LogP contribution in [0.5, 0.6) is 0 Å². The van der Waals surface area contributed by atoms with Gasteiger partial charge in [0.15, 0.2) is 0 Å². The Hall–Kier alpha value is -1.12. The van der Waals surface area contributed by atoms with Gasteiger partial charge in [-0.15, -0.1) is 0 Å². The third kappa shape index (κ3) is 1.97. The number of nitrogens with zero attached hydrogens (tertiary/aromatic N) is 2. The molecule has 0 spiro atoms. The van der Waals surface area contributed by atoms with Gasteiger partial charge in [-0.25, -0.2) is 0 Å². The molecular formula is C10H16N2O. The summed E-state index contributed by atoms with van der Waals surface area (Å²) in [6.45, 7) is 6.37. The monoisotopic (exact) mass is 180 g/mol. The van der Waals surface area contributed by atoms with Gasteiger partial charge >= 0.3 is 0 Å². The molecule has 0 atom stereocenters. The molecule has 13 heavy (non-hydrogen) atoms. The van der Waals surface area contributed by atoms with Gasteiger partial charge in [-0.2, -0.15) is 5.10 Å². The second-order valence-corrected chi connectivity index (χ2v) is 4.26. The molecule has 0 bridgehead atoms.